The SMILES string of the molecule is CCC1=C(C(=O)[O-])C(c2ccccc2OC)N2C=C(c3ccc(Cl)cc3Cl)SC2=N1.Cl.Cl. The average Bonchev–Trinajstić information content (AvgIpc) is 3.15. The highest BCUT2D eigenvalue weighted by Crippen LogP contribution is 2.49. The Hall–Kier alpha value is -1.83. The number of nitrogens with zero attached hydrogens (tertiary/aromatic N) is 2. The molecule has 4 rings (SSSR count). The molecule has 1 unspecified atom stereocenters. The summed E-state index contributed by atoms with van der Waals surface area (Å²) < 4.78 is 5.52. The molecule has 0 aromatic heterocycles. The third kappa shape index (κ3) is 4.75. The van der Waals surface area contributed by atoms with E-state index in [0.29, 0.717) is 33.1 Å². The molecule has 0 aliphatic carbocycles. The summed E-state index contributed by atoms with van der Waals surface area (Å²) in [5.41, 5.74) is 2.14. The lowest BCUT2D eigenvalue weighted by atomic mass is 9.93. The zero-order valence-electron chi connectivity index (χ0n) is 17.0. The van der Waals surface area contributed by atoms with Gasteiger partial charge in [-0.2, -0.15) is 0 Å². The minimum atomic E-state index is -1.25. The minimum absolute atomic E-state index is 0. The van der Waals surface area contributed by atoms with Crippen LogP contribution in [0.3, 0.4) is 0 Å². The number of ether oxygens (including phenoxy) is 1. The van der Waals surface area contributed by atoms with Gasteiger partial charge < -0.3 is 19.5 Å². The van der Waals surface area contributed by atoms with Crippen molar-refractivity contribution in [3.63, 3.8) is 0 Å². The first-order valence-corrected chi connectivity index (χ1v) is 10.8. The van der Waals surface area contributed by atoms with E-state index in [2.05, 4.69) is 4.99 Å². The van der Waals surface area contributed by atoms with Crippen molar-refractivity contribution in [3.05, 3.63) is 81.1 Å². The molecule has 0 spiro atoms. The van der Waals surface area contributed by atoms with Gasteiger partial charge in [0, 0.05) is 32.8 Å². The highest BCUT2D eigenvalue weighted by molar-refractivity contribution is 8.22. The smallest absolute Gasteiger partial charge is 0.173 e. The molecule has 0 saturated heterocycles. The Kier molecular flexibility index (Phi) is 8.97. The van der Waals surface area contributed by atoms with Gasteiger partial charge in [-0.05, 0) is 36.4 Å². The van der Waals surface area contributed by atoms with Crippen molar-refractivity contribution in [2.45, 2.75) is 19.4 Å². The topological polar surface area (TPSA) is 65.0 Å². The first-order valence-electron chi connectivity index (χ1n) is 9.24. The minimum Gasteiger partial charge on any atom is -0.545 e. The quantitative estimate of drug-likeness (QED) is 0.493. The van der Waals surface area contributed by atoms with Crippen LogP contribution in [-0.2, 0) is 4.79 Å². The van der Waals surface area contributed by atoms with Crippen molar-refractivity contribution in [2.24, 2.45) is 4.99 Å². The van der Waals surface area contributed by atoms with Crippen molar-refractivity contribution >= 4 is 75.8 Å². The van der Waals surface area contributed by atoms with Gasteiger partial charge in [-0.3, -0.25) is 0 Å². The summed E-state index contributed by atoms with van der Waals surface area (Å²) in [6.07, 6.45) is 2.33. The van der Waals surface area contributed by atoms with Crippen LogP contribution >= 0.6 is 59.8 Å². The number of aliphatic imine (C=N–C) groups is 1. The van der Waals surface area contributed by atoms with Crippen molar-refractivity contribution in [2.75, 3.05) is 7.11 Å². The summed E-state index contributed by atoms with van der Waals surface area (Å²) in [5.74, 6) is -0.656. The van der Waals surface area contributed by atoms with Gasteiger partial charge in [0.05, 0.1) is 29.8 Å². The monoisotopic (exact) mass is 531 g/mol. The fourth-order valence-corrected chi connectivity index (χ4v) is 5.24. The number of carboxylic acid groups (broad SMARTS) is 1. The van der Waals surface area contributed by atoms with Crippen LogP contribution in [0.4, 0.5) is 0 Å². The number of carbonyl (C=O) groups excluding carboxylic acids is 1. The van der Waals surface area contributed by atoms with Gasteiger partial charge in [-0.15, -0.1) is 24.8 Å². The van der Waals surface area contributed by atoms with Crippen LogP contribution in [0.2, 0.25) is 10.0 Å². The van der Waals surface area contributed by atoms with E-state index in [0.717, 1.165) is 16.0 Å². The van der Waals surface area contributed by atoms with Crippen LogP contribution < -0.4 is 9.84 Å². The molecule has 5 nitrogen and oxygen atoms in total. The van der Waals surface area contributed by atoms with Crippen LogP contribution in [0.5, 0.6) is 5.75 Å². The summed E-state index contributed by atoms with van der Waals surface area (Å²) in [4.78, 5) is 19.5. The predicted octanol–water partition coefficient (Wildman–Crippen LogP) is 5.72. The van der Waals surface area contributed by atoms with E-state index < -0.39 is 12.0 Å². The van der Waals surface area contributed by atoms with Crippen LogP contribution in [-0.4, -0.2) is 23.1 Å². The lowest BCUT2D eigenvalue weighted by molar-refractivity contribution is -0.300. The number of benzene rings is 2. The number of carboxylic acids is 1. The Morgan fingerprint density at radius 1 is 1.22 bits per heavy atom. The number of aliphatic carboxylic acids is 1. The molecule has 2 heterocycles. The first kappa shape index (κ1) is 26.4. The number of hydrogen-bond acceptors (Lipinski definition) is 6. The van der Waals surface area contributed by atoms with Gasteiger partial charge in [-0.1, -0.05) is 54.4 Å². The van der Waals surface area contributed by atoms with Gasteiger partial charge in [0.25, 0.3) is 0 Å². The molecule has 0 amide bonds. The molecule has 2 aliphatic rings. The van der Waals surface area contributed by atoms with Gasteiger partial charge >= 0.3 is 0 Å². The second-order valence-corrected chi connectivity index (χ2v) is 8.52. The largest absolute Gasteiger partial charge is 0.545 e. The molecule has 0 radical (unpaired) electrons. The Morgan fingerprint density at radius 3 is 2.56 bits per heavy atom. The average molecular weight is 533 g/mol. The molecule has 170 valence electrons. The highest BCUT2D eigenvalue weighted by Gasteiger charge is 2.38. The van der Waals surface area contributed by atoms with E-state index in [1.165, 1.54) is 11.8 Å². The lowest BCUT2D eigenvalue weighted by Crippen LogP contribution is -2.38. The fraction of sp³-hybridized carbons (Fsp3) is 0.182. The number of carbonyl (C=O) groups is 1. The molecular formula is C22H19Cl4N2O3S-. The Labute approximate surface area is 213 Å². The number of amidine groups is 1. The molecule has 32 heavy (non-hydrogen) atoms. The molecule has 10 heteroatoms. The molecule has 2 aromatic rings. The third-order valence-corrected chi connectivity index (χ3v) is 6.53. The number of para-hydroxylation sites is 1. The number of methoxy groups -OCH3 is 1. The van der Waals surface area contributed by atoms with Gasteiger partial charge in [0.2, 0.25) is 0 Å². The summed E-state index contributed by atoms with van der Waals surface area (Å²) in [6.45, 7) is 1.88. The van der Waals surface area contributed by atoms with Crippen LogP contribution in [0, 0.1) is 0 Å². The Bertz CT molecular complexity index is 1130. The predicted molar refractivity (Wildman–Crippen MR) is 134 cm³/mol. The molecule has 0 saturated carbocycles. The molecule has 0 N–H and O–H groups in total. The van der Waals surface area contributed by atoms with Crippen molar-refractivity contribution < 1.29 is 14.6 Å². The van der Waals surface area contributed by atoms with Crippen LogP contribution in [0.15, 0.2) is 64.9 Å². The normalized spacial score (nSPS) is 17.0. The number of halogens is 4. The van der Waals surface area contributed by atoms with E-state index in [1.54, 1.807) is 19.2 Å². The highest BCUT2D eigenvalue weighted by atomic mass is 35.5. The molecule has 0 fully saturated rings. The second-order valence-electron chi connectivity index (χ2n) is 6.67. The van der Waals surface area contributed by atoms with Gasteiger partial charge in [0.1, 0.15) is 5.75 Å². The molecule has 2 aliphatic heterocycles. The van der Waals surface area contributed by atoms with Crippen molar-refractivity contribution in [1.29, 1.82) is 0 Å². The van der Waals surface area contributed by atoms with Crippen LogP contribution in [0.1, 0.15) is 30.5 Å². The summed E-state index contributed by atoms with van der Waals surface area (Å²) in [5, 5.41) is 13.9. The number of rotatable bonds is 5. The van der Waals surface area contributed by atoms with Gasteiger partial charge in [-0.25, -0.2) is 4.99 Å². The summed E-state index contributed by atoms with van der Waals surface area (Å²) in [6, 6.07) is 12.0. The summed E-state index contributed by atoms with van der Waals surface area (Å²) >= 11 is 13.9. The standard InChI is InChI=1S/C22H18Cl2N2O3S.2ClH/c1-3-16-19(21(27)28)20(14-6-4-5-7-17(14)29-2)26-11-18(30-22(26)25-16)13-9-8-12(23)10-15(13)24;;/h4-11,20H,3H2,1-2H3,(H,27,28);2*1H/p-1. The number of thioether (sulfide) groups is 1. The second kappa shape index (κ2) is 10.9. The number of hydrogen-bond donors (Lipinski definition) is 0. The maximum Gasteiger partial charge on any atom is 0.173 e. The van der Waals surface area contributed by atoms with E-state index in [-0.39, 0.29) is 30.4 Å². The maximum atomic E-state index is 12.2. The third-order valence-electron chi connectivity index (χ3n) is 4.96. The molecule has 0 bridgehead atoms. The molecule has 1 atom stereocenters. The lowest BCUT2D eigenvalue weighted by Gasteiger charge is -2.35. The Balaban J connectivity index is 0.00000181. The van der Waals surface area contributed by atoms with E-state index in [1.807, 2.05) is 48.4 Å². The first-order chi connectivity index (χ1) is 14.4. The fourth-order valence-electron chi connectivity index (χ4n) is 3.61. The maximum absolute atomic E-state index is 12.2. The summed E-state index contributed by atoms with van der Waals surface area (Å²) in [7, 11) is 1.56. The molecular weight excluding hydrogens is 514 g/mol. The van der Waals surface area contributed by atoms with Crippen molar-refractivity contribution in [3.8, 4) is 5.75 Å². The van der Waals surface area contributed by atoms with E-state index in [4.69, 9.17) is 27.9 Å². The zero-order valence-corrected chi connectivity index (χ0v) is 21.0. The van der Waals surface area contributed by atoms with Gasteiger partial charge in [0.15, 0.2) is 5.17 Å². The van der Waals surface area contributed by atoms with E-state index >= 15 is 0 Å². The van der Waals surface area contributed by atoms with Crippen molar-refractivity contribution in [1.82, 2.24) is 4.90 Å². The Morgan fingerprint density at radius 2 is 1.94 bits per heavy atom. The number of fused-ring (bicyclic) bond motifs is 1. The number of allylic oxidation sites excluding steroid dienone is 1. The van der Waals surface area contributed by atoms with Crippen LogP contribution in [0.25, 0.3) is 4.91 Å². The molecule has 2 aromatic carbocycles. The van der Waals surface area contributed by atoms with E-state index in [9.17, 15) is 9.90 Å². The zero-order chi connectivity index (χ0) is 21.4.